The monoisotopic (exact) mass is 252 g/mol. The van der Waals surface area contributed by atoms with Crippen LogP contribution < -0.4 is 10.9 Å². The third-order valence-electron chi connectivity index (χ3n) is 2.07. The zero-order valence-electron chi connectivity index (χ0n) is 9.87. The van der Waals surface area contributed by atoms with Gasteiger partial charge in [0.15, 0.2) is 0 Å². The zero-order chi connectivity index (χ0) is 12.6. The van der Waals surface area contributed by atoms with E-state index in [1.54, 1.807) is 18.2 Å². The van der Waals surface area contributed by atoms with Gasteiger partial charge < -0.3 is 9.73 Å². The molecule has 0 amide bonds. The first-order valence-corrected chi connectivity index (χ1v) is 5.61. The van der Waals surface area contributed by atoms with Crippen LogP contribution in [0.15, 0.2) is 27.4 Å². The highest BCUT2D eigenvalue weighted by Crippen LogP contribution is 2.18. The lowest BCUT2D eigenvalue weighted by molar-refractivity contribution is 0.490. The molecule has 0 aliphatic heterocycles. The van der Waals surface area contributed by atoms with Crippen molar-refractivity contribution in [1.82, 2.24) is 4.98 Å². The van der Waals surface area contributed by atoms with Crippen molar-refractivity contribution in [2.75, 3.05) is 5.32 Å². The van der Waals surface area contributed by atoms with Gasteiger partial charge in [-0.15, -0.1) is 0 Å². The molecule has 0 bridgehead atoms. The summed E-state index contributed by atoms with van der Waals surface area (Å²) in [6.07, 6.45) is 0. The highest BCUT2D eigenvalue weighted by molar-refractivity contribution is 6.31. The van der Waals surface area contributed by atoms with Crippen LogP contribution in [0.2, 0.25) is 5.02 Å². The van der Waals surface area contributed by atoms with Gasteiger partial charge in [-0.25, -0.2) is 4.79 Å². The summed E-state index contributed by atoms with van der Waals surface area (Å²) in [6.45, 7) is 5.87. The first-order chi connectivity index (χ1) is 7.85. The van der Waals surface area contributed by atoms with E-state index in [0.29, 0.717) is 15.9 Å². The molecular formula is C12H13ClN2O2. The second kappa shape index (κ2) is 4.04. The van der Waals surface area contributed by atoms with Crippen LogP contribution in [0.3, 0.4) is 0 Å². The summed E-state index contributed by atoms with van der Waals surface area (Å²) in [5, 5.41) is 3.98. The predicted molar refractivity (Wildman–Crippen MR) is 68.7 cm³/mol. The Labute approximate surface area is 104 Å². The molecule has 17 heavy (non-hydrogen) atoms. The summed E-state index contributed by atoms with van der Waals surface area (Å²) in [6, 6.07) is 5.09. The fourth-order valence-electron chi connectivity index (χ4n) is 1.42. The number of rotatable bonds is 1. The second-order valence-electron chi connectivity index (χ2n) is 4.84. The van der Waals surface area contributed by atoms with E-state index in [1.165, 1.54) is 0 Å². The molecule has 1 aromatic carbocycles. The van der Waals surface area contributed by atoms with Gasteiger partial charge in [-0.1, -0.05) is 11.6 Å². The number of hydrogen-bond acceptors (Lipinski definition) is 4. The van der Waals surface area contributed by atoms with Crippen molar-refractivity contribution >= 4 is 28.5 Å². The van der Waals surface area contributed by atoms with Gasteiger partial charge in [0.1, 0.15) is 0 Å². The molecule has 0 spiro atoms. The Hall–Kier alpha value is -1.55. The SMILES string of the molecule is CC(C)(C)Nc1nc2cc(Cl)ccc2c(=O)o1. The maximum atomic E-state index is 11.7. The third kappa shape index (κ3) is 2.77. The molecule has 2 rings (SSSR count). The summed E-state index contributed by atoms with van der Waals surface area (Å²) >= 11 is 5.86. The Morgan fingerprint density at radius 2 is 2.06 bits per heavy atom. The molecule has 4 nitrogen and oxygen atoms in total. The Kier molecular flexibility index (Phi) is 2.83. The van der Waals surface area contributed by atoms with E-state index in [1.807, 2.05) is 20.8 Å². The normalized spacial score (nSPS) is 11.8. The molecule has 0 aliphatic carbocycles. The van der Waals surface area contributed by atoms with E-state index < -0.39 is 5.63 Å². The fraction of sp³-hybridized carbons (Fsp3) is 0.333. The first kappa shape index (κ1) is 11.9. The van der Waals surface area contributed by atoms with Crippen LogP contribution in [-0.4, -0.2) is 10.5 Å². The maximum absolute atomic E-state index is 11.7. The molecule has 0 atom stereocenters. The number of hydrogen-bond donors (Lipinski definition) is 1. The van der Waals surface area contributed by atoms with Gasteiger partial charge in [0.05, 0.1) is 10.9 Å². The summed E-state index contributed by atoms with van der Waals surface area (Å²) in [5.41, 5.74) is -0.117. The average molecular weight is 253 g/mol. The summed E-state index contributed by atoms with van der Waals surface area (Å²) < 4.78 is 5.09. The highest BCUT2D eigenvalue weighted by atomic mass is 35.5. The van der Waals surface area contributed by atoms with Crippen molar-refractivity contribution < 1.29 is 4.42 Å². The number of halogens is 1. The molecule has 1 aromatic heterocycles. The number of nitrogens with one attached hydrogen (secondary N) is 1. The fourth-order valence-corrected chi connectivity index (χ4v) is 1.59. The van der Waals surface area contributed by atoms with Crippen molar-refractivity contribution in [1.29, 1.82) is 0 Å². The minimum Gasteiger partial charge on any atom is -0.389 e. The number of nitrogens with zero attached hydrogens (tertiary/aromatic N) is 1. The number of fused-ring (bicyclic) bond motifs is 1. The van der Waals surface area contributed by atoms with E-state index in [4.69, 9.17) is 16.0 Å². The minimum absolute atomic E-state index is 0.206. The van der Waals surface area contributed by atoms with Crippen LogP contribution >= 0.6 is 11.6 Å². The Balaban J connectivity index is 2.58. The van der Waals surface area contributed by atoms with Gasteiger partial charge in [-0.05, 0) is 39.0 Å². The molecule has 2 aromatic rings. The number of aromatic nitrogens is 1. The van der Waals surface area contributed by atoms with Gasteiger partial charge >= 0.3 is 5.63 Å². The lowest BCUT2D eigenvalue weighted by Crippen LogP contribution is -2.27. The van der Waals surface area contributed by atoms with E-state index in [-0.39, 0.29) is 11.6 Å². The first-order valence-electron chi connectivity index (χ1n) is 5.24. The van der Waals surface area contributed by atoms with E-state index >= 15 is 0 Å². The summed E-state index contributed by atoms with van der Waals surface area (Å²) in [5.74, 6) is 0. The standard InChI is InChI=1S/C12H13ClN2O2/c1-12(2,3)15-11-14-9-6-7(13)4-5-8(9)10(16)17-11/h4-6H,1-3H3,(H,14,15). The van der Waals surface area contributed by atoms with Gasteiger partial charge in [-0.3, -0.25) is 0 Å². The molecule has 0 radical (unpaired) electrons. The van der Waals surface area contributed by atoms with Crippen LogP contribution in [0.1, 0.15) is 20.8 Å². The van der Waals surface area contributed by atoms with Crippen LogP contribution in [-0.2, 0) is 0 Å². The Bertz CT molecular complexity index is 614. The Morgan fingerprint density at radius 3 is 2.71 bits per heavy atom. The largest absolute Gasteiger partial charge is 0.389 e. The molecule has 0 aliphatic rings. The van der Waals surface area contributed by atoms with Crippen LogP contribution in [0, 0.1) is 0 Å². The molecular weight excluding hydrogens is 240 g/mol. The average Bonchev–Trinajstić information content (AvgIpc) is 2.13. The molecule has 1 heterocycles. The van der Waals surface area contributed by atoms with Gasteiger partial charge in [0.2, 0.25) is 0 Å². The molecule has 90 valence electrons. The van der Waals surface area contributed by atoms with Crippen LogP contribution in [0.5, 0.6) is 0 Å². The molecule has 5 heteroatoms. The number of anilines is 1. The van der Waals surface area contributed by atoms with Crippen LogP contribution in [0.25, 0.3) is 10.9 Å². The molecule has 0 fully saturated rings. The topological polar surface area (TPSA) is 55.1 Å². The van der Waals surface area contributed by atoms with Crippen molar-refractivity contribution in [2.45, 2.75) is 26.3 Å². The maximum Gasteiger partial charge on any atom is 0.348 e. The quantitative estimate of drug-likeness (QED) is 0.848. The molecule has 0 unspecified atom stereocenters. The van der Waals surface area contributed by atoms with Gasteiger partial charge in [-0.2, -0.15) is 4.98 Å². The van der Waals surface area contributed by atoms with E-state index in [0.717, 1.165) is 0 Å². The molecule has 0 saturated heterocycles. The van der Waals surface area contributed by atoms with E-state index in [9.17, 15) is 4.79 Å². The predicted octanol–water partition coefficient (Wildman–Crippen LogP) is 3.05. The van der Waals surface area contributed by atoms with Crippen molar-refractivity contribution in [3.63, 3.8) is 0 Å². The smallest absolute Gasteiger partial charge is 0.348 e. The lowest BCUT2D eigenvalue weighted by atomic mass is 10.1. The number of benzene rings is 1. The zero-order valence-corrected chi connectivity index (χ0v) is 10.6. The highest BCUT2D eigenvalue weighted by Gasteiger charge is 2.14. The van der Waals surface area contributed by atoms with Crippen LogP contribution in [0.4, 0.5) is 6.01 Å². The van der Waals surface area contributed by atoms with Crippen molar-refractivity contribution in [2.24, 2.45) is 0 Å². The summed E-state index contributed by atoms with van der Waals surface area (Å²) in [7, 11) is 0. The second-order valence-corrected chi connectivity index (χ2v) is 5.28. The minimum atomic E-state index is -0.418. The molecule has 0 saturated carbocycles. The molecule has 1 N–H and O–H groups in total. The van der Waals surface area contributed by atoms with Gasteiger partial charge in [0, 0.05) is 10.6 Å². The Morgan fingerprint density at radius 1 is 1.35 bits per heavy atom. The lowest BCUT2D eigenvalue weighted by Gasteiger charge is -2.19. The van der Waals surface area contributed by atoms with Gasteiger partial charge in [0.25, 0.3) is 6.01 Å². The van der Waals surface area contributed by atoms with Crippen molar-refractivity contribution in [3.05, 3.63) is 33.6 Å². The summed E-state index contributed by atoms with van der Waals surface area (Å²) in [4.78, 5) is 15.9. The van der Waals surface area contributed by atoms with Crippen molar-refractivity contribution in [3.8, 4) is 0 Å². The third-order valence-corrected chi connectivity index (χ3v) is 2.31. The van der Waals surface area contributed by atoms with E-state index in [2.05, 4.69) is 10.3 Å².